The molecule has 18 heavy (non-hydrogen) atoms. The highest BCUT2D eigenvalue weighted by Gasteiger charge is 2.27. The van der Waals surface area contributed by atoms with Crippen LogP contribution in [0, 0.1) is 11.8 Å². The lowest BCUT2D eigenvalue weighted by Crippen LogP contribution is -2.25. The molecule has 0 heterocycles. The maximum atomic E-state index is 12.0. The Kier molecular flexibility index (Phi) is 4.19. The van der Waals surface area contributed by atoms with Crippen LogP contribution in [0.1, 0.15) is 32.3 Å². The first kappa shape index (κ1) is 12.9. The van der Waals surface area contributed by atoms with Gasteiger partial charge in [-0.15, -0.1) is 0 Å². The molecule has 0 bridgehead atoms. The highest BCUT2D eigenvalue weighted by Crippen LogP contribution is 2.29. The summed E-state index contributed by atoms with van der Waals surface area (Å²) in [4.78, 5) is 12.0. The zero-order valence-corrected chi connectivity index (χ0v) is 11.1. The van der Waals surface area contributed by atoms with Gasteiger partial charge in [-0.25, -0.2) is 0 Å². The third-order valence-electron chi connectivity index (χ3n) is 3.56. The van der Waals surface area contributed by atoms with Crippen molar-refractivity contribution in [1.29, 1.82) is 0 Å². The Morgan fingerprint density at radius 2 is 2.06 bits per heavy atom. The summed E-state index contributed by atoms with van der Waals surface area (Å²) in [6.07, 6.45) is 4.12. The molecule has 0 saturated carbocycles. The van der Waals surface area contributed by atoms with Gasteiger partial charge >= 0.3 is 5.97 Å². The first-order valence-corrected chi connectivity index (χ1v) is 6.54. The second-order valence-electron chi connectivity index (χ2n) is 5.11. The van der Waals surface area contributed by atoms with Gasteiger partial charge in [-0.2, -0.15) is 0 Å². The number of hydrogen-bond acceptors (Lipinski definition) is 2. The molecule has 2 atom stereocenters. The first-order valence-electron chi connectivity index (χ1n) is 6.54. The second-order valence-corrected chi connectivity index (χ2v) is 5.11. The van der Waals surface area contributed by atoms with Crippen LogP contribution in [0.15, 0.2) is 42.0 Å². The molecule has 1 aliphatic rings. The Bertz CT molecular complexity index is 434. The van der Waals surface area contributed by atoms with Crippen LogP contribution >= 0.6 is 0 Å². The molecule has 0 radical (unpaired) electrons. The van der Waals surface area contributed by atoms with E-state index in [0.717, 1.165) is 18.4 Å². The molecule has 2 heteroatoms. The van der Waals surface area contributed by atoms with Gasteiger partial charge in [0.1, 0.15) is 6.61 Å². The van der Waals surface area contributed by atoms with E-state index in [-0.39, 0.29) is 11.9 Å². The fourth-order valence-electron chi connectivity index (χ4n) is 2.46. The lowest BCUT2D eigenvalue weighted by molar-refractivity contribution is -0.151. The summed E-state index contributed by atoms with van der Waals surface area (Å²) in [5.74, 6) is 0.259. The molecule has 2 nitrogen and oxygen atoms in total. The predicted molar refractivity (Wildman–Crippen MR) is 71.9 cm³/mol. The smallest absolute Gasteiger partial charge is 0.309 e. The first-order chi connectivity index (χ1) is 8.66. The number of carbonyl (C=O) groups is 1. The number of benzene rings is 1. The molecule has 0 saturated heterocycles. The Hall–Kier alpha value is -1.57. The number of allylic oxidation sites excluding steroid dienone is 2. The zero-order chi connectivity index (χ0) is 13.0. The predicted octanol–water partition coefficient (Wildman–Crippen LogP) is 3.72. The number of hydrogen-bond donors (Lipinski definition) is 0. The Morgan fingerprint density at radius 3 is 2.72 bits per heavy atom. The molecule has 0 aromatic heterocycles. The van der Waals surface area contributed by atoms with E-state index in [1.165, 1.54) is 5.57 Å². The standard InChI is InChI=1S/C16H20O2/c1-12-8-9-15(13(2)10-12)16(17)18-11-14-6-4-3-5-7-14/h3-7,10,13,15H,8-9,11H2,1-2H3/t13-,15+/m0/s1. The van der Waals surface area contributed by atoms with Crippen LogP contribution in [0.25, 0.3) is 0 Å². The maximum Gasteiger partial charge on any atom is 0.309 e. The molecule has 1 aromatic rings. The third-order valence-corrected chi connectivity index (χ3v) is 3.56. The molecule has 0 spiro atoms. The van der Waals surface area contributed by atoms with Crippen molar-refractivity contribution in [3.63, 3.8) is 0 Å². The van der Waals surface area contributed by atoms with Crippen LogP contribution < -0.4 is 0 Å². The minimum Gasteiger partial charge on any atom is -0.461 e. The maximum absolute atomic E-state index is 12.0. The van der Waals surface area contributed by atoms with Crippen molar-refractivity contribution in [2.75, 3.05) is 0 Å². The van der Waals surface area contributed by atoms with Crippen molar-refractivity contribution in [2.45, 2.75) is 33.3 Å². The molecule has 1 aromatic carbocycles. The molecule has 96 valence electrons. The highest BCUT2D eigenvalue weighted by atomic mass is 16.5. The monoisotopic (exact) mass is 244 g/mol. The quantitative estimate of drug-likeness (QED) is 0.598. The zero-order valence-electron chi connectivity index (χ0n) is 11.1. The van der Waals surface area contributed by atoms with E-state index < -0.39 is 0 Å². The van der Waals surface area contributed by atoms with Gasteiger partial charge in [-0.1, -0.05) is 48.9 Å². The largest absolute Gasteiger partial charge is 0.461 e. The van der Waals surface area contributed by atoms with E-state index in [1.807, 2.05) is 30.3 Å². The molecule has 0 amide bonds. The number of rotatable bonds is 3. The fourth-order valence-corrected chi connectivity index (χ4v) is 2.46. The van der Waals surface area contributed by atoms with Gasteiger partial charge in [0.15, 0.2) is 0 Å². The van der Waals surface area contributed by atoms with Crippen LogP contribution in [0.3, 0.4) is 0 Å². The highest BCUT2D eigenvalue weighted by molar-refractivity contribution is 5.73. The molecule has 0 unspecified atom stereocenters. The van der Waals surface area contributed by atoms with Gasteiger partial charge in [0, 0.05) is 0 Å². The average Bonchev–Trinajstić information content (AvgIpc) is 2.37. The van der Waals surface area contributed by atoms with Gasteiger partial charge in [0.05, 0.1) is 5.92 Å². The van der Waals surface area contributed by atoms with Crippen molar-refractivity contribution in [2.24, 2.45) is 11.8 Å². The van der Waals surface area contributed by atoms with E-state index in [0.29, 0.717) is 12.5 Å². The molecule has 0 N–H and O–H groups in total. The van der Waals surface area contributed by atoms with Crippen molar-refractivity contribution >= 4 is 5.97 Å². The van der Waals surface area contributed by atoms with E-state index in [2.05, 4.69) is 19.9 Å². The molecular formula is C16H20O2. The van der Waals surface area contributed by atoms with Gasteiger partial charge in [-0.05, 0) is 31.2 Å². The van der Waals surface area contributed by atoms with Gasteiger partial charge < -0.3 is 4.74 Å². The fraction of sp³-hybridized carbons (Fsp3) is 0.438. The summed E-state index contributed by atoms with van der Waals surface area (Å²) in [7, 11) is 0. The van der Waals surface area contributed by atoms with Crippen molar-refractivity contribution in [3.05, 3.63) is 47.5 Å². The van der Waals surface area contributed by atoms with Gasteiger partial charge in [0.25, 0.3) is 0 Å². The van der Waals surface area contributed by atoms with Crippen LogP contribution in [-0.4, -0.2) is 5.97 Å². The molecular weight excluding hydrogens is 224 g/mol. The SMILES string of the molecule is CC1=C[C@H](C)[C@H](C(=O)OCc2ccccc2)CC1. The minimum atomic E-state index is -0.0601. The Balaban J connectivity index is 1.89. The van der Waals surface area contributed by atoms with E-state index in [1.54, 1.807) is 0 Å². The average molecular weight is 244 g/mol. The van der Waals surface area contributed by atoms with E-state index in [9.17, 15) is 4.79 Å². The number of ether oxygens (including phenoxy) is 1. The summed E-state index contributed by atoms with van der Waals surface area (Å²) < 4.78 is 5.41. The minimum absolute atomic E-state index is 0.0254. The summed E-state index contributed by atoms with van der Waals surface area (Å²) in [5.41, 5.74) is 2.43. The number of carbonyl (C=O) groups excluding carboxylic acids is 1. The number of esters is 1. The van der Waals surface area contributed by atoms with Crippen LogP contribution in [-0.2, 0) is 16.1 Å². The molecule has 1 aliphatic carbocycles. The van der Waals surface area contributed by atoms with Crippen LogP contribution in [0.5, 0.6) is 0 Å². The van der Waals surface area contributed by atoms with Crippen molar-refractivity contribution in [3.8, 4) is 0 Å². The Labute approximate surface area is 109 Å². The normalized spacial score (nSPS) is 23.3. The van der Waals surface area contributed by atoms with Gasteiger partial charge in [0.2, 0.25) is 0 Å². The van der Waals surface area contributed by atoms with Crippen molar-refractivity contribution < 1.29 is 9.53 Å². The topological polar surface area (TPSA) is 26.3 Å². The summed E-state index contributed by atoms with van der Waals surface area (Å²) in [6, 6.07) is 9.82. The second kappa shape index (κ2) is 5.85. The van der Waals surface area contributed by atoms with Crippen molar-refractivity contribution in [1.82, 2.24) is 0 Å². The molecule has 0 aliphatic heterocycles. The lowest BCUT2D eigenvalue weighted by atomic mass is 9.82. The van der Waals surface area contributed by atoms with Crippen LogP contribution in [0.4, 0.5) is 0 Å². The van der Waals surface area contributed by atoms with Gasteiger partial charge in [-0.3, -0.25) is 4.79 Å². The summed E-state index contributed by atoms with van der Waals surface area (Å²) in [6.45, 7) is 4.60. The Morgan fingerprint density at radius 1 is 1.33 bits per heavy atom. The summed E-state index contributed by atoms with van der Waals surface area (Å²) in [5, 5.41) is 0. The van der Waals surface area contributed by atoms with E-state index >= 15 is 0 Å². The van der Waals surface area contributed by atoms with E-state index in [4.69, 9.17) is 4.74 Å². The summed E-state index contributed by atoms with van der Waals surface area (Å²) >= 11 is 0. The lowest BCUT2D eigenvalue weighted by Gasteiger charge is -2.25. The van der Waals surface area contributed by atoms with Crippen LogP contribution in [0.2, 0.25) is 0 Å². The molecule has 0 fully saturated rings. The molecule has 2 rings (SSSR count). The third kappa shape index (κ3) is 3.22.